The molecule has 1 atom stereocenters. The summed E-state index contributed by atoms with van der Waals surface area (Å²) in [6, 6.07) is 18.5. The second kappa shape index (κ2) is 11.2. The average Bonchev–Trinajstić information content (AvgIpc) is 3.14. The summed E-state index contributed by atoms with van der Waals surface area (Å²) in [5.41, 5.74) is 5.78. The number of aromatic nitrogens is 1. The van der Waals surface area contributed by atoms with Crippen LogP contribution in [0.5, 0.6) is 5.75 Å². The van der Waals surface area contributed by atoms with Crippen LogP contribution < -0.4 is 4.74 Å². The number of thioether (sulfide) groups is 1. The summed E-state index contributed by atoms with van der Waals surface area (Å²) in [6.45, 7) is 7.71. The second-order valence-electron chi connectivity index (χ2n) is 7.67. The topological polar surface area (TPSA) is 60.7 Å². The molecule has 0 unspecified atom stereocenters. The number of hydrogen-bond donors (Lipinski definition) is 1. The molecule has 0 fully saturated rings. The number of ether oxygens (including phenoxy) is 2. The fraction of sp³-hybridized carbons (Fsp3) is 0.346. The van der Waals surface area contributed by atoms with E-state index in [1.165, 1.54) is 27.4 Å². The van der Waals surface area contributed by atoms with E-state index >= 15 is 0 Å². The van der Waals surface area contributed by atoms with Crippen molar-refractivity contribution in [2.75, 3.05) is 19.5 Å². The summed E-state index contributed by atoms with van der Waals surface area (Å²) in [7, 11) is 0. The SMILES string of the molecule is CCO[C@@H](Cc1ccc(OCCn2c(C)ccc2-c2ccc(SC)c(C)c2)cc1)C(=O)O. The van der Waals surface area contributed by atoms with Crippen molar-refractivity contribution in [1.82, 2.24) is 4.57 Å². The first kappa shape index (κ1) is 24.0. The van der Waals surface area contributed by atoms with Crippen molar-refractivity contribution in [3.63, 3.8) is 0 Å². The lowest BCUT2D eigenvalue weighted by molar-refractivity contribution is -0.149. The molecule has 1 N–H and O–H groups in total. The molecule has 3 rings (SSSR count). The van der Waals surface area contributed by atoms with E-state index in [0.717, 1.165) is 17.9 Å². The summed E-state index contributed by atoms with van der Waals surface area (Å²) in [4.78, 5) is 12.6. The highest BCUT2D eigenvalue weighted by molar-refractivity contribution is 7.98. The Morgan fingerprint density at radius 2 is 1.84 bits per heavy atom. The average molecular weight is 454 g/mol. The van der Waals surface area contributed by atoms with Crippen LogP contribution in [0.25, 0.3) is 11.3 Å². The van der Waals surface area contributed by atoms with Gasteiger partial charge < -0.3 is 19.1 Å². The maximum Gasteiger partial charge on any atom is 0.333 e. The van der Waals surface area contributed by atoms with Crippen LogP contribution in [0.3, 0.4) is 0 Å². The Labute approximate surface area is 194 Å². The third-order valence-electron chi connectivity index (χ3n) is 5.46. The zero-order chi connectivity index (χ0) is 23.1. The van der Waals surface area contributed by atoms with Gasteiger partial charge in [-0.05, 0) is 80.1 Å². The molecule has 0 aliphatic heterocycles. The van der Waals surface area contributed by atoms with Crippen molar-refractivity contribution in [3.8, 4) is 17.0 Å². The Bertz CT molecular complexity index is 1040. The summed E-state index contributed by atoms with van der Waals surface area (Å²) in [5.74, 6) is -0.174. The van der Waals surface area contributed by atoms with Crippen LogP contribution in [0.15, 0.2) is 59.5 Å². The van der Waals surface area contributed by atoms with Crippen LogP contribution in [0.2, 0.25) is 0 Å². The van der Waals surface area contributed by atoms with E-state index in [9.17, 15) is 9.90 Å². The zero-order valence-corrected chi connectivity index (χ0v) is 19.9. The van der Waals surface area contributed by atoms with E-state index in [4.69, 9.17) is 9.47 Å². The molecular weight excluding hydrogens is 422 g/mol. The smallest absolute Gasteiger partial charge is 0.333 e. The van der Waals surface area contributed by atoms with Gasteiger partial charge >= 0.3 is 5.97 Å². The van der Waals surface area contributed by atoms with E-state index in [2.05, 4.69) is 55.0 Å². The number of carbonyl (C=O) groups is 1. The maximum absolute atomic E-state index is 11.3. The van der Waals surface area contributed by atoms with Crippen molar-refractivity contribution >= 4 is 17.7 Å². The van der Waals surface area contributed by atoms with Gasteiger partial charge in [-0.3, -0.25) is 0 Å². The molecule has 1 aromatic heterocycles. The van der Waals surface area contributed by atoms with Gasteiger partial charge in [0, 0.05) is 29.3 Å². The van der Waals surface area contributed by atoms with E-state index in [0.29, 0.717) is 19.6 Å². The summed E-state index contributed by atoms with van der Waals surface area (Å²) >= 11 is 1.77. The summed E-state index contributed by atoms with van der Waals surface area (Å²) in [6.07, 6.45) is 1.61. The Kier molecular flexibility index (Phi) is 8.42. The number of aryl methyl sites for hydroxylation is 2. The van der Waals surface area contributed by atoms with Gasteiger partial charge in [0.05, 0.1) is 6.54 Å². The number of carboxylic acids is 1. The van der Waals surface area contributed by atoms with Crippen LogP contribution >= 0.6 is 11.8 Å². The first-order chi connectivity index (χ1) is 15.4. The Morgan fingerprint density at radius 1 is 1.09 bits per heavy atom. The first-order valence-electron chi connectivity index (χ1n) is 10.8. The monoisotopic (exact) mass is 453 g/mol. The zero-order valence-electron chi connectivity index (χ0n) is 19.1. The molecule has 0 bridgehead atoms. The predicted octanol–water partition coefficient (Wildman–Crippen LogP) is 5.61. The van der Waals surface area contributed by atoms with Gasteiger partial charge in [0.15, 0.2) is 6.10 Å². The van der Waals surface area contributed by atoms with E-state index in [1.54, 1.807) is 18.7 Å². The fourth-order valence-corrected chi connectivity index (χ4v) is 4.35. The quantitative estimate of drug-likeness (QED) is 0.383. The maximum atomic E-state index is 11.3. The van der Waals surface area contributed by atoms with Gasteiger partial charge in [-0.25, -0.2) is 4.79 Å². The van der Waals surface area contributed by atoms with Gasteiger partial charge in [-0.2, -0.15) is 0 Å². The standard InChI is InChI=1S/C26H31NO4S/c1-5-30-24(26(28)29)17-20-7-10-22(11-8-20)31-15-14-27-19(3)6-12-23(27)21-9-13-25(32-4)18(2)16-21/h6-13,16,24H,5,14-15,17H2,1-4H3,(H,28,29)/t24-/m0/s1. The molecule has 3 aromatic rings. The summed E-state index contributed by atoms with van der Waals surface area (Å²) in [5, 5.41) is 9.24. The molecule has 0 spiro atoms. The van der Waals surface area contributed by atoms with Gasteiger partial charge in [-0.15, -0.1) is 11.8 Å². The molecule has 32 heavy (non-hydrogen) atoms. The molecule has 0 amide bonds. The van der Waals surface area contributed by atoms with Gasteiger partial charge in [0.1, 0.15) is 12.4 Å². The molecule has 0 aliphatic rings. The van der Waals surface area contributed by atoms with Crippen molar-refractivity contribution < 1.29 is 19.4 Å². The van der Waals surface area contributed by atoms with Gasteiger partial charge in [-0.1, -0.05) is 18.2 Å². The normalized spacial score (nSPS) is 12.0. The molecule has 2 aromatic carbocycles. The van der Waals surface area contributed by atoms with Crippen LogP contribution in [-0.4, -0.2) is 41.2 Å². The molecule has 1 heterocycles. The van der Waals surface area contributed by atoms with Gasteiger partial charge in [0.2, 0.25) is 0 Å². The lowest BCUT2D eigenvalue weighted by Crippen LogP contribution is -2.26. The molecule has 6 heteroatoms. The third-order valence-corrected chi connectivity index (χ3v) is 6.36. The predicted molar refractivity (Wildman–Crippen MR) is 130 cm³/mol. The van der Waals surface area contributed by atoms with Crippen molar-refractivity contribution in [2.45, 2.75) is 44.7 Å². The highest BCUT2D eigenvalue weighted by Crippen LogP contribution is 2.28. The van der Waals surface area contributed by atoms with Crippen LogP contribution in [0, 0.1) is 13.8 Å². The molecule has 0 radical (unpaired) electrons. The first-order valence-corrected chi connectivity index (χ1v) is 12.0. The lowest BCUT2D eigenvalue weighted by Gasteiger charge is -2.15. The molecular formula is C26H31NO4S. The van der Waals surface area contributed by atoms with Crippen LogP contribution in [0.1, 0.15) is 23.7 Å². The van der Waals surface area contributed by atoms with Gasteiger partial charge in [0.25, 0.3) is 0 Å². The second-order valence-corrected chi connectivity index (χ2v) is 8.52. The van der Waals surface area contributed by atoms with Crippen LogP contribution in [0.4, 0.5) is 0 Å². The highest BCUT2D eigenvalue weighted by atomic mass is 32.2. The van der Waals surface area contributed by atoms with E-state index < -0.39 is 12.1 Å². The largest absolute Gasteiger partial charge is 0.492 e. The summed E-state index contributed by atoms with van der Waals surface area (Å²) < 4.78 is 13.5. The van der Waals surface area contributed by atoms with E-state index in [-0.39, 0.29) is 0 Å². The molecule has 5 nitrogen and oxygen atoms in total. The number of rotatable bonds is 11. The number of carboxylic acid groups (broad SMARTS) is 1. The highest BCUT2D eigenvalue weighted by Gasteiger charge is 2.17. The number of nitrogens with zero attached hydrogens (tertiary/aromatic N) is 1. The molecule has 0 saturated heterocycles. The molecule has 0 aliphatic carbocycles. The Balaban J connectivity index is 1.62. The number of hydrogen-bond acceptors (Lipinski definition) is 4. The Morgan fingerprint density at radius 3 is 2.47 bits per heavy atom. The number of aliphatic carboxylic acids is 1. The molecule has 170 valence electrons. The Hall–Kier alpha value is -2.70. The minimum absolute atomic E-state index is 0.337. The van der Waals surface area contributed by atoms with Crippen LogP contribution in [-0.2, 0) is 22.5 Å². The van der Waals surface area contributed by atoms with E-state index in [1.807, 2.05) is 24.3 Å². The number of benzene rings is 2. The minimum atomic E-state index is -0.941. The van der Waals surface area contributed by atoms with Crippen molar-refractivity contribution in [3.05, 3.63) is 71.4 Å². The lowest BCUT2D eigenvalue weighted by atomic mass is 10.1. The van der Waals surface area contributed by atoms with Crippen molar-refractivity contribution in [2.24, 2.45) is 0 Å². The minimum Gasteiger partial charge on any atom is -0.492 e. The van der Waals surface area contributed by atoms with Crippen molar-refractivity contribution in [1.29, 1.82) is 0 Å². The molecule has 0 saturated carbocycles. The fourth-order valence-electron chi connectivity index (χ4n) is 3.77. The third kappa shape index (κ3) is 5.96.